The lowest BCUT2D eigenvalue weighted by Crippen LogP contribution is -2.24. The van der Waals surface area contributed by atoms with Crippen LogP contribution in [0.25, 0.3) is 0 Å². The molecule has 6 heteroatoms. The van der Waals surface area contributed by atoms with Gasteiger partial charge in [-0.3, -0.25) is 4.68 Å². The molecule has 3 heterocycles. The van der Waals surface area contributed by atoms with Gasteiger partial charge < -0.3 is 9.80 Å². The highest BCUT2D eigenvalue weighted by Crippen LogP contribution is 2.25. The van der Waals surface area contributed by atoms with Crippen LogP contribution in [0.2, 0.25) is 0 Å². The fraction of sp³-hybridized carbons (Fsp3) is 0.500. The molecule has 1 fully saturated rings. The lowest BCUT2D eigenvalue weighted by molar-refractivity contribution is 0.494. The van der Waals surface area contributed by atoms with E-state index >= 15 is 0 Å². The summed E-state index contributed by atoms with van der Waals surface area (Å²) in [5.41, 5.74) is 1.20. The SMILES string of the molecule is Cc1cnn(C2CCN(c3nccc(N(C)C)n3)C2)c1. The molecular weight excluding hydrogens is 252 g/mol. The van der Waals surface area contributed by atoms with Gasteiger partial charge in [-0.25, -0.2) is 4.98 Å². The van der Waals surface area contributed by atoms with E-state index in [1.807, 2.05) is 37.5 Å². The van der Waals surface area contributed by atoms with Crippen molar-refractivity contribution in [3.05, 3.63) is 30.2 Å². The Morgan fingerprint density at radius 3 is 2.90 bits per heavy atom. The van der Waals surface area contributed by atoms with Gasteiger partial charge in [0.25, 0.3) is 0 Å². The van der Waals surface area contributed by atoms with Gasteiger partial charge in [0.2, 0.25) is 5.95 Å². The second kappa shape index (κ2) is 5.11. The molecule has 3 rings (SSSR count). The molecule has 1 unspecified atom stereocenters. The summed E-state index contributed by atoms with van der Waals surface area (Å²) in [5, 5.41) is 4.41. The largest absolute Gasteiger partial charge is 0.363 e. The van der Waals surface area contributed by atoms with E-state index in [1.165, 1.54) is 5.56 Å². The summed E-state index contributed by atoms with van der Waals surface area (Å²) in [7, 11) is 3.98. The second-order valence-corrected chi connectivity index (χ2v) is 5.50. The Morgan fingerprint density at radius 2 is 2.20 bits per heavy atom. The molecule has 0 aliphatic carbocycles. The molecule has 1 saturated heterocycles. The Labute approximate surface area is 119 Å². The van der Waals surface area contributed by atoms with Crippen LogP contribution < -0.4 is 9.80 Å². The first-order valence-electron chi connectivity index (χ1n) is 6.89. The maximum absolute atomic E-state index is 4.60. The number of anilines is 2. The van der Waals surface area contributed by atoms with Gasteiger partial charge in [0.15, 0.2) is 0 Å². The van der Waals surface area contributed by atoms with E-state index in [0.717, 1.165) is 31.3 Å². The number of hydrogen-bond acceptors (Lipinski definition) is 5. The average Bonchev–Trinajstić information content (AvgIpc) is 3.07. The standard InChI is InChI=1S/C14H20N6/c1-11-8-16-20(9-11)12-5-7-19(10-12)14-15-6-4-13(17-14)18(2)3/h4,6,8-9,12H,5,7,10H2,1-3H3. The Bertz CT molecular complexity index is 591. The molecule has 106 valence electrons. The van der Waals surface area contributed by atoms with Gasteiger partial charge in [-0.15, -0.1) is 0 Å². The van der Waals surface area contributed by atoms with Crippen LogP contribution in [0.4, 0.5) is 11.8 Å². The minimum absolute atomic E-state index is 0.412. The minimum atomic E-state index is 0.412. The zero-order valence-electron chi connectivity index (χ0n) is 12.2. The molecule has 2 aromatic heterocycles. The van der Waals surface area contributed by atoms with Gasteiger partial charge in [-0.1, -0.05) is 0 Å². The van der Waals surface area contributed by atoms with E-state index < -0.39 is 0 Å². The molecule has 2 aromatic rings. The zero-order chi connectivity index (χ0) is 14.1. The van der Waals surface area contributed by atoms with Crippen LogP contribution in [0.15, 0.2) is 24.7 Å². The molecular formula is C14H20N6. The molecule has 6 nitrogen and oxygen atoms in total. The summed E-state index contributed by atoms with van der Waals surface area (Å²) < 4.78 is 2.06. The minimum Gasteiger partial charge on any atom is -0.363 e. The van der Waals surface area contributed by atoms with Crippen molar-refractivity contribution in [1.82, 2.24) is 19.7 Å². The molecule has 0 bridgehead atoms. The van der Waals surface area contributed by atoms with Crippen molar-refractivity contribution in [3.63, 3.8) is 0 Å². The van der Waals surface area contributed by atoms with E-state index in [0.29, 0.717) is 6.04 Å². The first-order valence-corrected chi connectivity index (χ1v) is 6.89. The van der Waals surface area contributed by atoms with Gasteiger partial charge in [0.05, 0.1) is 12.2 Å². The van der Waals surface area contributed by atoms with Gasteiger partial charge in [0.1, 0.15) is 5.82 Å². The quantitative estimate of drug-likeness (QED) is 0.847. The maximum Gasteiger partial charge on any atom is 0.227 e. The Hall–Kier alpha value is -2.11. The van der Waals surface area contributed by atoms with Crippen LogP contribution in [-0.4, -0.2) is 46.9 Å². The lowest BCUT2D eigenvalue weighted by Gasteiger charge is -2.18. The van der Waals surface area contributed by atoms with E-state index in [-0.39, 0.29) is 0 Å². The summed E-state index contributed by atoms with van der Waals surface area (Å²) in [6.45, 7) is 3.96. The third-order valence-corrected chi connectivity index (χ3v) is 3.64. The summed E-state index contributed by atoms with van der Waals surface area (Å²) in [4.78, 5) is 13.2. The van der Waals surface area contributed by atoms with E-state index in [9.17, 15) is 0 Å². The number of rotatable bonds is 3. The second-order valence-electron chi connectivity index (χ2n) is 5.50. The van der Waals surface area contributed by atoms with Crippen LogP contribution in [0.5, 0.6) is 0 Å². The molecule has 0 radical (unpaired) electrons. The highest BCUT2D eigenvalue weighted by Gasteiger charge is 2.26. The predicted molar refractivity (Wildman–Crippen MR) is 79.2 cm³/mol. The van der Waals surface area contributed by atoms with Crippen molar-refractivity contribution in [2.75, 3.05) is 37.0 Å². The van der Waals surface area contributed by atoms with E-state index in [4.69, 9.17) is 0 Å². The van der Waals surface area contributed by atoms with Crippen molar-refractivity contribution in [3.8, 4) is 0 Å². The van der Waals surface area contributed by atoms with Crippen LogP contribution >= 0.6 is 0 Å². The van der Waals surface area contributed by atoms with Gasteiger partial charge in [0, 0.05) is 39.6 Å². The van der Waals surface area contributed by atoms with Crippen LogP contribution in [0, 0.1) is 6.92 Å². The molecule has 1 aliphatic heterocycles. The topological polar surface area (TPSA) is 50.1 Å². The Balaban J connectivity index is 1.75. The van der Waals surface area contributed by atoms with Crippen molar-refractivity contribution in [2.45, 2.75) is 19.4 Å². The number of aryl methyl sites for hydroxylation is 1. The lowest BCUT2D eigenvalue weighted by atomic mass is 10.3. The fourth-order valence-corrected chi connectivity index (χ4v) is 2.51. The monoisotopic (exact) mass is 272 g/mol. The van der Waals surface area contributed by atoms with Crippen LogP contribution in [0.1, 0.15) is 18.0 Å². The molecule has 0 N–H and O–H groups in total. The smallest absolute Gasteiger partial charge is 0.227 e. The highest BCUT2D eigenvalue weighted by molar-refractivity contribution is 5.43. The predicted octanol–water partition coefficient (Wildman–Crippen LogP) is 1.50. The average molecular weight is 272 g/mol. The Morgan fingerprint density at radius 1 is 1.35 bits per heavy atom. The normalized spacial score (nSPS) is 18.6. The van der Waals surface area contributed by atoms with Gasteiger partial charge >= 0.3 is 0 Å². The molecule has 0 aromatic carbocycles. The molecule has 0 saturated carbocycles. The summed E-state index contributed by atoms with van der Waals surface area (Å²) in [6.07, 6.45) is 6.91. The number of hydrogen-bond donors (Lipinski definition) is 0. The molecule has 1 aliphatic rings. The number of nitrogens with zero attached hydrogens (tertiary/aromatic N) is 6. The molecule has 0 amide bonds. The van der Waals surface area contributed by atoms with Gasteiger partial charge in [-0.05, 0) is 25.0 Å². The van der Waals surface area contributed by atoms with Crippen molar-refractivity contribution in [2.24, 2.45) is 0 Å². The summed E-state index contributed by atoms with van der Waals surface area (Å²) >= 11 is 0. The molecule has 0 spiro atoms. The maximum atomic E-state index is 4.60. The zero-order valence-corrected chi connectivity index (χ0v) is 12.2. The van der Waals surface area contributed by atoms with Crippen molar-refractivity contribution < 1.29 is 0 Å². The molecule has 20 heavy (non-hydrogen) atoms. The van der Waals surface area contributed by atoms with Crippen molar-refractivity contribution >= 4 is 11.8 Å². The summed E-state index contributed by atoms with van der Waals surface area (Å²) in [6, 6.07) is 2.34. The van der Waals surface area contributed by atoms with E-state index in [1.54, 1.807) is 0 Å². The molecule has 1 atom stereocenters. The van der Waals surface area contributed by atoms with Crippen molar-refractivity contribution in [1.29, 1.82) is 0 Å². The van der Waals surface area contributed by atoms with Gasteiger partial charge in [-0.2, -0.15) is 10.1 Å². The first kappa shape index (κ1) is 12.9. The summed E-state index contributed by atoms with van der Waals surface area (Å²) in [5.74, 6) is 1.75. The first-order chi connectivity index (χ1) is 9.63. The number of aromatic nitrogens is 4. The Kier molecular flexibility index (Phi) is 3.30. The van der Waals surface area contributed by atoms with Crippen LogP contribution in [0.3, 0.4) is 0 Å². The fourth-order valence-electron chi connectivity index (χ4n) is 2.51. The highest BCUT2D eigenvalue weighted by atomic mass is 15.4. The third-order valence-electron chi connectivity index (χ3n) is 3.64. The van der Waals surface area contributed by atoms with Crippen LogP contribution in [-0.2, 0) is 0 Å². The van der Waals surface area contributed by atoms with E-state index in [2.05, 4.69) is 37.8 Å². The third kappa shape index (κ3) is 2.45.